The predicted octanol–water partition coefficient (Wildman–Crippen LogP) is 1.87. The average Bonchev–Trinajstić information content (AvgIpc) is 3.16. The van der Waals surface area contributed by atoms with Crippen molar-refractivity contribution in [3.05, 3.63) is 60.2 Å². The fraction of sp³-hybridized carbons (Fsp3) is 0.167. The Morgan fingerprint density at radius 3 is 2.57 bits per heavy atom. The maximum Gasteiger partial charge on any atom is 0.321 e. The molecular weight excluding hydrogens is 380 g/mol. The molecule has 0 aliphatic heterocycles. The lowest BCUT2D eigenvalue weighted by atomic mass is 10.2. The van der Waals surface area contributed by atoms with Gasteiger partial charge in [-0.25, -0.2) is 4.79 Å². The summed E-state index contributed by atoms with van der Waals surface area (Å²) in [5.41, 5.74) is 1.57. The summed E-state index contributed by atoms with van der Waals surface area (Å²) in [7, 11) is 0. The van der Waals surface area contributed by atoms with E-state index in [1.165, 1.54) is 16.8 Å². The molecule has 0 aliphatic carbocycles. The zero-order valence-corrected chi connectivity index (χ0v) is 15.8. The van der Waals surface area contributed by atoms with Crippen molar-refractivity contribution in [2.24, 2.45) is 0 Å². The second kappa shape index (κ2) is 9.00. The lowest BCUT2D eigenvalue weighted by Gasteiger charge is -2.12. The van der Waals surface area contributed by atoms with Crippen molar-refractivity contribution in [1.29, 1.82) is 0 Å². The van der Waals surface area contributed by atoms with Crippen molar-refractivity contribution < 1.29 is 14.7 Å². The van der Waals surface area contributed by atoms with Crippen LogP contribution in [0.3, 0.4) is 0 Å². The van der Waals surface area contributed by atoms with Crippen LogP contribution in [0.1, 0.15) is 12.5 Å². The van der Waals surface area contributed by atoms with Crippen LogP contribution in [0.25, 0.3) is 5.69 Å². The molecule has 1 aromatic heterocycles. The van der Waals surface area contributed by atoms with E-state index in [0.29, 0.717) is 17.4 Å². The molecule has 1 heterocycles. The van der Waals surface area contributed by atoms with Crippen molar-refractivity contribution >= 4 is 23.7 Å². The quantitative estimate of drug-likeness (QED) is 0.542. The number of hydrogen-bond donors (Lipinski definition) is 3. The van der Waals surface area contributed by atoms with Crippen molar-refractivity contribution in [3.63, 3.8) is 0 Å². The molecule has 0 radical (unpaired) electrons. The normalized spacial score (nSPS) is 11.6. The van der Waals surface area contributed by atoms with Gasteiger partial charge in [-0.05, 0) is 47.2 Å². The minimum absolute atomic E-state index is 0.125. The molecule has 3 rings (SSSR count). The van der Waals surface area contributed by atoms with Gasteiger partial charge in [-0.1, -0.05) is 42.1 Å². The second-order valence-corrected chi connectivity index (χ2v) is 7.12. The van der Waals surface area contributed by atoms with E-state index in [9.17, 15) is 14.7 Å². The fourth-order valence-electron chi connectivity index (χ4n) is 2.26. The molecule has 0 saturated heterocycles. The van der Waals surface area contributed by atoms with Crippen LogP contribution in [-0.4, -0.2) is 42.5 Å². The summed E-state index contributed by atoms with van der Waals surface area (Å²) in [6, 6.07) is 15.1. The maximum atomic E-state index is 12.3. The van der Waals surface area contributed by atoms with E-state index in [2.05, 4.69) is 26.2 Å². The Morgan fingerprint density at radius 2 is 1.86 bits per heavy atom. The lowest BCUT2D eigenvalue weighted by Crippen LogP contribution is -2.42. The van der Waals surface area contributed by atoms with Gasteiger partial charge in [0.25, 0.3) is 0 Å². The summed E-state index contributed by atoms with van der Waals surface area (Å²) < 4.78 is 1.45. The topological polar surface area (TPSA) is 122 Å². The van der Waals surface area contributed by atoms with E-state index >= 15 is 0 Å². The second-order valence-electron chi connectivity index (χ2n) is 5.81. The fourth-order valence-corrected chi connectivity index (χ4v) is 3.06. The number of aromatic nitrogens is 4. The third-order valence-electron chi connectivity index (χ3n) is 3.72. The van der Waals surface area contributed by atoms with E-state index in [4.69, 9.17) is 0 Å². The highest BCUT2D eigenvalue weighted by Crippen LogP contribution is 2.23. The number of hydrogen-bond acceptors (Lipinski definition) is 7. The molecule has 2 aromatic carbocycles. The van der Waals surface area contributed by atoms with E-state index < -0.39 is 17.2 Å². The summed E-state index contributed by atoms with van der Waals surface area (Å²) in [4.78, 5) is 24.2. The highest BCUT2D eigenvalue weighted by Gasteiger charge is 2.21. The Hall–Kier alpha value is -3.40. The predicted molar refractivity (Wildman–Crippen MR) is 103 cm³/mol. The monoisotopic (exact) mass is 398 g/mol. The first kappa shape index (κ1) is 19.4. The van der Waals surface area contributed by atoms with Crippen molar-refractivity contribution in [2.45, 2.75) is 23.9 Å². The number of imide groups is 1. The van der Waals surface area contributed by atoms with Crippen molar-refractivity contribution in [3.8, 4) is 11.4 Å². The van der Waals surface area contributed by atoms with Gasteiger partial charge in [0, 0.05) is 6.54 Å². The van der Waals surface area contributed by atoms with Gasteiger partial charge in [-0.2, -0.15) is 4.68 Å². The van der Waals surface area contributed by atoms with E-state index in [-0.39, 0.29) is 5.75 Å². The van der Waals surface area contributed by atoms with E-state index in [1.54, 1.807) is 19.1 Å². The molecule has 0 saturated carbocycles. The Bertz CT molecular complexity index is 945. The van der Waals surface area contributed by atoms with Crippen LogP contribution in [0.4, 0.5) is 4.79 Å². The van der Waals surface area contributed by atoms with Gasteiger partial charge in [0.2, 0.25) is 11.1 Å². The lowest BCUT2D eigenvalue weighted by molar-refractivity contribution is -0.119. The number of carbonyl (C=O) groups is 2. The van der Waals surface area contributed by atoms with Gasteiger partial charge in [-0.15, -0.1) is 5.10 Å². The number of rotatable bonds is 6. The summed E-state index contributed by atoms with van der Waals surface area (Å²) in [5, 5.41) is 25.5. The van der Waals surface area contributed by atoms with Crippen LogP contribution in [0.15, 0.2) is 59.8 Å². The molecule has 3 N–H and O–H groups in total. The largest absolute Gasteiger partial charge is 0.508 e. The molecule has 144 valence electrons. The smallest absolute Gasteiger partial charge is 0.321 e. The summed E-state index contributed by atoms with van der Waals surface area (Å²) in [5.74, 6) is -0.337. The molecule has 1 atom stereocenters. The number of tetrazole rings is 1. The molecule has 10 heteroatoms. The van der Waals surface area contributed by atoms with Crippen molar-refractivity contribution in [1.82, 2.24) is 30.8 Å². The number of carbonyl (C=O) groups excluding carboxylic acids is 2. The Kier molecular flexibility index (Phi) is 6.22. The van der Waals surface area contributed by atoms with Gasteiger partial charge in [-0.3, -0.25) is 10.1 Å². The van der Waals surface area contributed by atoms with E-state index in [0.717, 1.165) is 17.3 Å². The van der Waals surface area contributed by atoms with Crippen LogP contribution in [-0.2, 0) is 11.3 Å². The zero-order valence-electron chi connectivity index (χ0n) is 14.9. The van der Waals surface area contributed by atoms with Crippen molar-refractivity contribution in [2.75, 3.05) is 0 Å². The molecule has 9 nitrogen and oxygen atoms in total. The number of aromatic hydroxyl groups is 1. The highest BCUT2D eigenvalue weighted by atomic mass is 32.2. The van der Waals surface area contributed by atoms with Crippen LogP contribution in [0.5, 0.6) is 5.75 Å². The number of benzene rings is 2. The van der Waals surface area contributed by atoms with Crippen LogP contribution in [0.2, 0.25) is 0 Å². The Morgan fingerprint density at radius 1 is 1.14 bits per heavy atom. The third-order valence-corrected chi connectivity index (χ3v) is 4.75. The number of urea groups is 1. The van der Waals surface area contributed by atoms with Gasteiger partial charge >= 0.3 is 6.03 Å². The molecule has 0 bridgehead atoms. The number of nitrogens with zero attached hydrogens (tertiary/aromatic N) is 4. The molecule has 0 fully saturated rings. The minimum Gasteiger partial charge on any atom is -0.508 e. The van der Waals surface area contributed by atoms with Gasteiger partial charge in [0.1, 0.15) is 5.75 Å². The number of thioether (sulfide) groups is 1. The third kappa shape index (κ3) is 5.07. The molecule has 0 aliphatic rings. The minimum atomic E-state index is -0.607. The SMILES string of the molecule is C[C@@H](Sc1nnnn1-c1ccc(O)cc1)C(=O)NC(=O)NCc1ccccc1. The average molecular weight is 398 g/mol. The standard InChI is InChI=1S/C18H18N6O3S/c1-12(16(26)20-17(27)19-11-13-5-3-2-4-6-13)28-18-21-22-23-24(18)14-7-9-15(25)10-8-14/h2-10,12,25H,11H2,1H3,(H2,19,20,26,27)/t12-/m1/s1. The van der Waals surface area contributed by atoms with Gasteiger partial charge < -0.3 is 10.4 Å². The number of nitrogens with one attached hydrogen (secondary N) is 2. The van der Waals surface area contributed by atoms with Gasteiger partial charge in [0.15, 0.2) is 0 Å². The Balaban J connectivity index is 1.55. The summed E-state index contributed by atoms with van der Waals surface area (Å²) in [6.45, 7) is 1.97. The maximum absolute atomic E-state index is 12.3. The molecular formula is C18H18N6O3S. The Labute approximate surface area is 165 Å². The van der Waals surface area contributed by atoms with Crippen LogP contribution in [0, 0.1) is 0 Å². The zero-order chi connectivity index (χ0) is 19.9. The first-order valence-electron chi connectivity index (χ1n) is 8.40. The molecule has 28 heavy (non-hydrogen) atoms. The molecule has 3 amide bonds. The molecule has 3 aromatic rings. The summed E-state index contributed by atoms with van der Waals surface area (Å²) >= 11 is 1.11. The number of phenolic OH excluding ortho intramolecular Hbond substituents is 1. The number of amides is 3. The first-order valence-corrected chi connectivity index (χ1v) is 9.28. The molecule has 0 unspecified atom stereocenters. The van der Waals surface area contributed by atoms with Crippen LogP contribution >= 0.6 is 11.8 Å². The van der Waals surface area contributed by atoms with E-state index in [1.807, 2.05) is 30.3 Å². The highest BCUT2D eigenvalue weighted by molar-refractivity contribution is 8.00. The van der Waals surface area contributed by atoms with Crippen LogP contribution < -0.4 is 10.6 Å². The summed E-state index contributed by atoms with van der Waals surface area (Å²) in [6.07, 6.45) is 0. The number of phenols is 1. The molecule has 0 spiro atoms. The first-order chi connectivity index (χ1) is 13.5. The van der Waals surface area contributed by atoms with Gasteiger partial charge in [0.05, 0.1) is 10.9 Å².